The molecule has 0 spiro atoms. The Balaban J connectivity index is 1.68. The van der Waals surface area contributed by atoms with Gasteiger partial charge in [-0.3, -0.25) is 4.99 Å². The lowest BCUT2D eigenvalue weighted by Gasteiger charge is -2.26. The van der Waals surface area contributed by atoms with Crippen molar-refractivity contribution in [3.8, 4) is 11.3 Å². The summed E-state index contributed by atoms with van der Waals surface area (Å²) in [7, 11) is 0. The van der Waals surface area contributed by atoms with E-state index in [1.807, 2.05) is 4.90 Å². The number of nitrogens with one attached hydrogen (secondary N) is 1. The highest BCUT2D eigenvalue weighted by atomic mass is 19.3. The van der Waals surface area contributed by atoms with Crippen LogP contribution in [0.25, 0.3) is 11.3 Å². The Morgan fingerprint density at radius 2 is 1.80 bits per heavy atom. The third-order valence-electron chi connectivity index (χ3n) is 5.53. The summed E-state index contributed by atoms with van der Waals surface area (Å²) in [5.41, 5.74) is 0.859. The molecule has 1 aromatic carbocycles. The molecule has 0 fully saturated rings. The lowest BCUT2D eigenvalue weighted by atomic mass is 10.0. The largest absolute Gasteiger partial charge is 0.311 e. The second-order valence-electron chi connectivity index (χ2n) is 9.02. The molecule has 3 aromatic rings. The summed E-state index contributed by atoms with van der Waals surface area (Å²) in [5.74, 6) is -1.79. The van der Waals surface area contributed by atoms with Crippen molar-refractivity contribution in [3.05, 3.63) is 71.8 Å². The van der Waals surface area contributed by atoms with Gasteiger partial charge in [-0.2, -0.15) is 0 Å². The normalized spacial score (nSPS) is 13.9. The number of aromatic nitrogens is 3. The number of aliphatic imine (C=N–C) groups is 1. The molecule has 1 N–H and O–H groups in total. The molecule has 9 heteroatoms. The zero-order valence-corrected chi connectivity index (χ0v) is 20.1. The standard InChI is InChI=1S/C26H27F3N6/c1-16-14-22(25(3,4)27)34-24(31-16)32-17(2)35-13-7-12-30-21-11-10-20(33-23(21)35)18-8-6-9-19(15-18)26(5,28)29/h6,8-12,14-15H,2,7,13H2,1,3-5H3,(H,31,32,34). The third kappa shape index (κ3) is 5.50. The Hall–Kier alpha value is -3.75. The number of pyridine rings is 1. The molecule has 6 nitrogen and oxygen atoms in total. The molecule has 0 atom stereocenters. The van der Waals surface area contributed by atoms with Crippen molar-refractivity contribution >= 4 is 23.7 Å². The van der Waals surface area contributed by atoms with Crippen LogP contribution in [0.2, 0.25) is 0 Å². The number of benzene rings is 1. The monoisotopic (exact) mass is 480 g/mol. The van der Waals surface area contributed by atoms with Gasteiger partial charge in [-0.25, -0.2) is 28.1 Å². The molecule has 1 aliphatic rings. The van der Waals surface area contributed by atoms with Gasteiger partial charge in [0.2, 0.25) is 5.95 Å². The van der Waals surface area contributed by atoms with E-state index in [9.17, 15) is 13.2 Å². The van der Waals surface area contributed by atoms with Gasteiger partial charge in [-0.05, 0) is 45.0 Å². The topological polar surface area (TPSA) is 66.3 Å². The zero-order chi connectivity index (χ0) is 25.4. The number of rotatable bonds is 6. The van der Waals surface area contributed by atoms with Gasteiger partial charge in [0.15, 0.2) is 5.82 Å². The number of fused-ring (bicyclic) bond motifs is 1. The van der Waals surface area contributed by atoms with Gasteiger partial charge in [0.25, 0.3) is 5.92 Å². The van der Waals surface area contributed by atoms with Crippen LogP contribution >= 0.6 is 0 Å². The molecule has 4 rings (SSSR count). The first-order valence-electron chi connectivity index (χ1n) is 11.2. The molecule has 0 unspecified atom stereocenters. The SMILES string of the molecule is C=C(Nc1nc(C)cc(C(C)(C)F)n1)N1CCC=Nc2ccc(-c3cccc(C(C)(F)F)c3)nc21. The highest BCUT2D eigenvalue weighted by Crippen LogP contribution is 2.35. The number of anilines is 2. The third-order valence-corrected chi connectivity index (χ3v) is 5.53. The summed E-state index contributed by atoms with van der Waals surface area (Å²) in [6, 6.07) is 11.3. The Bertz CT molecular complexity index is 1290. The van der Waals surface area contributed by atoms with Crippen LogP contribution in [0.4, 0.5) is 30.6 Å². The average Bonchev–Trinajstić information content (AvgIpc) is 2.99. The molecule has 0 bridgehead atoms. The molecule has 1 aliphatic heterocycles. The minimum Gasteiger partial charge on any atom is -0.311 e. The molecule has 0 aliphatic carbocycles. The van der Waals surface area contributed by atoms with Crippen molar-refractivity contribution in [1.29, 1.82) is 0 Å². The van der Waals surface area contributed by atoms with E-state index < -0.39 is 11.6 Å². The van der Waals surface area contributed by atoms with Crippen molar-refractivity contribution in [3.63, 3.8) is 0 Å². The molecular weight excluding hydrogens is 453 g/mol. The summed E-state index contributed by atoms with van der Waals surface area (Å²) >= 11 is 0. The van der Waals surface area contributed by atoms with Gasteiger partial charge < -0.3 is 10.2 Å². The quantitative estimate of drug-likeness (QED) is 0.427. The van der Waals surface area contributed by atoms with Gasteiger partial charge in [-0.15, -0.1) is 0 Å². The number of halogens is 3. The van der Waals surface area contributed by atoms with E-state index in [0.717, 1.165) is 6.92 Å². The highest BCUT2D eigenvalue weighted by molar-refractivity contribution is 5.78. The Labute approximate surface area is 202 Å². The van der Waals surface area contributed by atoms with E-state index in [0.29, 0.717) is 47.2 Å². The Kier molecular flexibility index (Phi) is 6.36. The molecule has 182 valence electrons. The summed E-state index contributed by atoms with van der Waals surface area (Å²) in [6.07, 6.45) is 2.42. The first-order chi connectivity index (χ1) is 16.4. The number of nitrogens with zero attached hydrogens (tertiary/aromatic N) is 5. The van der Waals surface area contributed by atoms with Crippen molar-refractivity contribution in [2.45, 2.75) is 45.7 Å². The molecular formula is C26H27F3N6. The van der Waals surface area contributed by atoms with Crippen LogP contribution in [0.1, 0.15) is 44.1 Å². The van der Waals surface area contributed by atoms with Crippen LogP contribution in [-0.4, -0.2) is 27.7 Å². The van der Waals surface area contributed by atoms with Gasteiger partial charge in [-0.1, -0.05) is 24.8 Å². The van der Waals surface area contributed by atoms with E-state index in [1.165, 1.54) is 26.0 Å². The van der Waals surface area contributed by atoms with E-state index in [1.54, 1.807) is 43.5 Å². The summed E-state index contributed by atoms with van der Waals surface area (Å²) < 4.78 is 42.3. The predicted molar refractivity (Wildman–Crippen MR) is 133 cm³/mol. The number of alkyl halides is 3. The minimum absolute atomic E-state index is 0.0871. The van der Waals surface area contributed by atoms with Crippen LogP contribution in [0.15, 0.2) is 59.9 Å². The number of hydrogen-bond donors (Lipinski definition) is 1. The lowest BCUT2D eigenvalue weighted by Crippen LogP contribution is -2.29. The fourth-order valence-corrected chi connectivity index (χ4v) is 3.70. The predicted octanol–water partition coefficient (Wildman–Crippen LogP) is 6.66. The second-order valence-corrected chi connectivity index (χ2v) is 9.02. The van der Waals surface area contributed by atoms with E-state index >= 15 is 0 Å². The van der Waals surface area contributed by atoms with Gasteiger partial charge >= 0.3 is 0 Å². The fraction of sp³-hybridized carbons (Fsp3) is 0.308. The average molecular weight is 481 g/mol. The van der Waals surface area contributed by atoms with Gasteiger partial charge in [0.1, 0.15) is 17.2 Å². The van der Waals surface area contributed by atoms with E-state index in [2.05, 4.69) is 26.9 Å². The van der Waals surface area contributed by atoms with Crippen LogP contribution < -0.4 is 10.2 Å². The van der Waals surface area contributed by atoms with Crippen LogP contribution in [0.5, 0.6) is 0 Å². The first kappa shape index (κ1) is 24.4. The van der Waals surface area contributed by atoms with Crippen molar-refractivity contribution in [2.24, 2.45) is 4.99 Å². The number of hydrogen-bond acceptors (Lipinski definition) is 6. The molecule has 0 saturated heterocycles. The van der Waals surface area contributed by atoms with Crippen molar-refractivity contribution < 1.29 is 13.2 Å². The van der Waals surface area contributed by atoms with E-state index in [4.69, 9.17) is 4.98 Å². The molecule has 0 saturated carbocycles. The molecule has 0 radical (unpaired) electrons. The minimum atomic E-state index is -2.96. The fourth-order valence-electron chi connectivity index (χ4n) is 3.70. The zero-order valence-electron chi connectivity index (χ0n) is 20.1. The van der Waals surface area contributed by atoms with Crippen molar-refractivity contribution in [1.82, 2.24) is 15.0 Å². The van der Waals surface area contributed by atoms with Crippen LogP contribution in [0.3, 0.4) is 0 Å². The molecule has 0 amide bonds. The van der Waals surface area contributed by atoms with Crippen LogP contribution in [0, 0.1) is 6.92 Å². The molecule has 3 heterocycles. The highest BCUT2D eigenvalue weighted by Gasteiger charge is 2.26. The molecule has 2 aromatic heterocycles. The van der Waals surface area contributed by atoms with Gasteiger partial charge in [0, 0.05) is 42.9 Å². The van der Waals surface area contributed by atoms with Crippen molar-refractivity contribution in [2.75, 3.05) is 16.8 Å². The Morgan fingerprint density at radius 1 is 1.03 bits per heavy atom. The Morgan fingerprint density at radius 3 is 2.51 bits per heavy atom. The summed E-state index contributed by atoms with van der Waals surface area (Å²) in [4.78, 5) is 19.7. The summed E-state index contributed by atoms with van der Waals surface area (Å²) in [5, 5.41) is 3.07. The maximum atomic E-state index is 14.5. The van der Waals surface area contributed by atoms with Crippen LogP contribution in [-0.2, 0) is 11.6 Å². The van der Waals surface area contributed by atoms with E-state index in [-0.39, 0.29) is 17.2 Å². The smallest absolute Gasteiger partial charge is 0.270 e. The van der Waals surface area contributed by atoms with Gasteiger partial charge in [0.05, 0.1) is 11.4 Å². The first-order valence-corrected chi connectivity index (χ1v) is 11.2. The maximum absolute atomic E-state index is 14.5. The lowest BCUT2D eigenvalue weighted by molar-refractivity contribution is 0.0175. The number of aryl methyl sites for hydroxylation is 1. The second kappa shape index (κ2) is 9.13. The molecule has 35 heavy (non-hydrogen) atoms. The maximum Gasteiger partial charge on any atom is 0.270 e. The summed E-state index contributed by atoms with van der Waals surface area (Å²) in [6.45, 7) is 10.1.